The smallest absolute Gasteiger partial charge is 0.324 e. The Labute approximate surface area is 328 Å². The van der Waals surface area contributed by atoms with Crippen LogP contribution < -0.4 is 5.32 Å². The topological polar surface area (TPSA) is 187 Å². The molecule has 16 heteroatoms. The average molecular weight is 787 g/mol. The van der Waals surface area contributed by atoms with Gasteiger partial charge < -0.3 is 29.0 Å². The van der Waals surface area contributed by atoms with Gasteiger partial charge in [0, 0.05) is 31.6 Å². The summed E-state index contributed by atoms with van der Waals surface area (Å²) in [7, 11) is 1.21. The van der Waals surface area contributed by atoms with E-state index < -0.39 is 76.0 Å². The molecule has 0 saturated carbocycles. The van der Waals surface area contributed by atoms with Crippen molar-refractivity contribution < 1.29 is 57.2 Å². The van der Waals surface area contributed by atoms with E-state index in [-0.39, 0.29) is 64.7 Å². The van der Waals surface area contributed by atoms with Gasteiger partial charge in [-0.15, -0.1) is 0 Å². The summed E-state index contributed by atoms with van der Waals surface area (Å²) in [5.41, 5.74) is -4.07. The first-order valence-corrected chi connectivity index (χ1v) is 18.6. The number of hydrogen-bond donors (Lipinski definition) is 1. The lowest BCUT2D eigenvalue weighted by molar-refractivity contribution is -0.165. The number of hydrogen-bond acceptors (Lipinski definition) is 15. The van der Waals surface area contributed by atoms with Crippen molar-refractivity contribution in [2.45, 2.75) is 139 Å². The highest BCUT2D eigenvalue weighted by atomic mass is 16.6. The van der Waals surface area contributed by atoms with Crippen LogP contribution in [-0.2, 0) is 57.2 Å². The monoisotopic (exact) mass is 786 g/mol. The Balaban J connectivity index is 6.93. The van der Waals surface area contributed by atoms with Gasteiger partial charge in [0.05, 0.1) is 46.3 Å². The third-order valence-corrected chi connectivity index (χ3v) is 7.09. The van der Waals surface area contributed by atoms with E-state index in [2.05, 4.69) is 5.32 Å². The van der Waals surface area contributed by atoms with Crippen molar-refractivity contribution in [2.24, 2.45) is 5.41 Å². The van der Waals surface area contributed by atoms with Crippen LogP contribution in [0.1, 0.15) is 110 Å². The minimum absolute atomic E-state index is 0.00494. The van der Waals surface area contributed by atoms with E-state index >= 15 is 0 Å². The van der Waals surface area contributed by atoms with Crippen LogP contribution in [0.3, 0.4) is 0 Å². The standard InChI is InChI=1S/C39H70N4O12/c1-35(2,3)28(44)22-40-29(45)21-27(34(50)55-39(13,14)15)43(19-17-41(23-30(46)51-16)24-31(47)52-36(4,5)6)20-18-42(25-32(48)53-37(7,8)9)26-33(49)54-38(10,11)12/h27H,17-26H2,1-16H3,(H,40,45). The Morgan fingerprint density at radius 2 is 0.855 bits per heavy atom. The molecule has 1 atom stereocenters. The molecule has 0 aliphatic carbocycles. The van der Waals surface area contributed by atoms with E-state index in [4.69, 9.17) is 23.7 Å². The minimum atomic E-state index is -1.24. The molecule has 16 nitrogen and oxygen atoms in total. The number of amides is 1. The SMILES string of the molecule is COC(=O)CN(CCN(CCN(CC(=O)OC(C)(C)C)CC(=O)OC(C)(C)C)C(CC(=O)NCC(=O)C(C)(C)C)C(=O)OC(C)(C)C)CC(=O)OC(C)(C)C. The molecule has 318 valence electrons. The predicted octanol–water partition coefficient (Wildman–Crippen LogP) is 2.92. The molecule has 0 aliphatic heterocycles. The highest BCUT2D eigenvalue weighted by molar-refractivity contribution is 5.91. The van der Waals surface area contributed by atoms with Crippen molar-refractivity contribution in [3.63, 3.8) is 0 Å². The number of nitrogens with zero attached hydrogens (tertiary/aromatic N) is 3. The zero-order valence-electron chi connectivity index (χ0n) is 36.4. The summed E-state index contributed by atoms with van der Waals surface area (Å²) >= 11 is 0. The van der Waals surface area contributed by atoms with Gasteiger partial charge in [0.25, 0.3) is 0 Å². The maximum atomic E-state index is 13.9. The van der Waals surface area contributed by atoms with Crippen LogP contribution in [0, 0.1) is 5.41 Å². The van der Waals surface area contributed by atoms with E-state index in [1.54, 1.807) is 109 Å². The Kier molecular flexibility index (Phi) is 20.2. The molecule has 0 aromatic rings. The van der Waals surface area contributed by atoms with Gasteiger partial charge in [-0.05, 0) is 83.1 Å². The van der Waals surface area contributed by atoms with Crippen LogP contribution in [0.15, 0.2) is 0 Å². The zero-order valence-corrected chi connectivity index (χ0v) is 36.4. The molecule has 0 fully saturated rings. The summed E-state index contributed by atoms with van der Waals surface area (Å²) in [6.07, 6.45) is -0.423. The summed E-state index contributed by atoms with van der Waals surface area (Å²) in [6, 6.07) is -1.24. The van der Waals surface area contributed by atoms with Crippen LogP contribution in [0.4, 0.5) is 0 Å². The summed E-state index contributed by atoms with van der Waals surface area (Å²) in [5, 5.41) is 2.61. The molecule has 1 N–H and O–H groups in total. The normalized spacial score (nSPS) is 13.3. The fraction of sp³-hybridized carbons (Fsp3) is 0.821. The number of methoxy groups -OCH3 is 1. The summed E-state index contributed by atoms with van der Waals surface area (Å²) in [4.78, 5) is 95.8. The molecule has 0 heterocycles. The second-order valence-electron chi connectivity index (χ2n) is 18.5. The molecule has 0 aliphatic rings. The molecule has 0 bridgehead atoms. The number of esters is 5. The highest BCUT2D eigenvalue weighted by Gasteiger charge is 2.35. The van der Waals surface area contributed by atoms with Crippen molar-refractivity contribution in [3.8, 4) is 0 Å². The third kappa shape index (κ3) is 26.0. The lowest BCUT2D eigenvalue weighted by Gasteiger charge is -2.35. The first kappa shape index (κ1) is 51.4. The highest BCUT2D eigenvalue weighted by Crippen LogP contribution is 2.17. The maximum absolute atomic E-state index is 13.9. The van der Waals surface area contributed by atoms with Gasteiger partial charge in [0.2, 0.25) is 5.91 Å². The molecule has 0 aromatic heterocycles. The number of carbonyl (C=O) groups excluding carboxylic acids is 7. The molecule has 0 saturated heterocycles. The molecular weight excluding hydrogens is 716 g/mol. The average Bonchev–Trinajstić information content (AvgIpc) is 2.94. The number of carbonyl (C=O) groups is 7. The fourth-order valence-corrected chi connectivity index (χ4v) is 4.73. The van der Waals surface area contributed by atoms with Crippen molar-refractivity contribution in [1.82, 2.24) is 20.0 Å². The maximum Gasteiger partial charge on any atom is 0.324 e. The van der Waals surface area contributed by atoms with E-state index in [9.17, 15) is 33.6 Å². The second kappa shape index (κ2) is 21.6. The van der Waals surface area contributed by atoms with Crippen LogP contribution in [0.5, 0.6) is 0 Å². The predicted molar refractivity (Wildman–Crippen MR) is 206 cm³/mol. The van der Waals surface area contributed by atoms with Gasteiger partial charge in [0.15, 0.2) is 5.78 Å². The lowest BCUT2D eigenvalue weighted by atomic mass is 9.91. The lowest BCUT2D eigenvalue weighted by Crippen LogP contribution is -2.53. The first-order chi connectivity index (χ1) is 24.7. The van der Waals surface area contributed by atoms with Gasteiger partial charge in [-0.1, -0.05) is 20.8 Å². The number of nitrogens with one attached hydrogen (secondary N) is 1. The van der Waals surface area contributed by atoms with Gasteiger partial charge >= 0.3 is 29.8 Å². The van der Waals surface area contributed by atoms with Crippen molar-refractivity contribution in [3.05, 3.63) is 0 Å². The number of ether oxygens (including phenoxy) is 5. The second-order valence-corrected chi connectivity index (χ2v) is 18.5. The summed E-state index contributed by atoms with van der Waals surface area (Å²) < 4.78 is 27.2. The number of ketones is 1. The molecule has 55 heavy (non-hydrogen) atoms. The van der Waals surface area contributed by atoms with Crippen LogP contribution in [0.2, 0.25) is 0 Å². The number of rotatable bonds is 20. The Morgan fingerprint density at radius 3 is 1.16 bits per heavy atom. The van der Waals surface area contributed by atoms with Crippen LogP contribution in [-0.4, -0.2) is 151 Å². The third-order valence-electron chi connectivity index (χ3n) is 7.09. The quantitative estimate of drug-likeness (QED) is 0.140. The van der Waals surface area contributed by atoms with Gasteiger partial charge in [-0.3, -0.25) is 48.3 Å². The molecule has 0 aromatic carbocycles. The number of Topliss-reactive ketones (excluding diaryl/α,β-unsaturated/α-hetero) is 1. The van der Waals surface area contributed by atoms with E-state index in [0.717, 1.165) is 0 Å². The van der Waals surface area contributed by atoms with E-state index in [1.165, 1.54) is 16.9 Å². The van der Waals surface area contributed by atoms with Gasteiger partial charge in [-0.2, -0.15) is 0 Å². The molecule has 0 spiro atoms. The van der Waals surface area contributed by atoms with Crippen molar-refractivity contribution in [2.75, 3.05) is 66.0 Å². The molecule has 1 unspecified atom stereocenters. The Hall–Kier alpha value is -3.63. The first-order valence-electron chi connectivity index (χ1n) is 18.6. The molecular formula is C39H70N4O12. The van der Waals surface area contributed by atoms with Crippen LogP contribution >= 0.6 is 0 Å². The Bertz CT molecular complexity index is 1280. The summed E-state index contributed by atoms with van der Waals surface area (Å²) in [6.45, 7) is 24.2. The summed E-state index contributed by atoms with van der Waals surface area (Å²) in [5.74, 6) is -3.99. The fourth-order valence-electron chi connectivity index (χ4n) is 4.73. The minimum Gasteiger partial charge on any atom is -0.468 e. The Morgan fingerprint density at radius 1 is 0.509 bits per heavy atom. The zero-order chi connectivity index (χ0) is 43.2. The van der Waals surface area contributed by atoms with Crippen molar-refractivity contribution >= 4 is 41.5 Å². The largest absolute Gasteiger partial charge is 0.468 e. The van der Waals surface area contributed by atoms with Gasteiger partial charge in [-0.25, -0.2) is 0 Å². The van der Waals surface area contributed by atoms with Crippen LogP contribution in [0.25, 0.3) is 0 Å². The van der Waals surface area contributed by atoms with E-state index in [0.29, 0.717) is 0 Å². The molecule has 0 radical (unpaired) electrons. The van der Waals surface area contributed by atoms with Crippen molar-refractivity contribution in [1.29, 1.82) is 0 Å². The molecule has 1 amide bonds. The van der Waals surface area contributed by atoms with Gasteiger partial charge in [0.1, 0.15) is 28.4 Å². The molecule has 0 rings (SSSR count). The van der Waals surface area contributed by atoms with E-state index in [1.807, 2.05) is 0 Å².